The highest BCUT2D eigenvalue weighted by atomic mass is 16.5. The van der Waals surface area contributed by atoms with Crippen LogP contribution in [0.3, 0.4) is 0 Å². The third-order valence-electron chi connectivity index (χ3n) is 4.93. The topological polar surface area (TPSA) is 116 Å². The second-order valence-electron chi connectivity index (χ2n) is 7.01. The van der Waals surface area contributed by atoms with Crippen LogP contribution in [-0.2, 0) is 9.59 Å². The standard InChI is InChI=1S/C21H21N5O4/c1-12(19-23-15-5-3-4-6-16(15)24-19)22-18(27)11-17-20(28)26(21(29)25-17)13-7-9-14(30-2)10-8-13/h3-10,12,17H,11H2,1-2H3,(H,22,27)(H,23,24)(H,25,29)/t12-,17?/m0/s1. The summed E-state index contributed by atoms with van der Waals surface area (Å²) in [6.07, 6.45) is -0.165. The molecule has 1 saturated heterocycles. The Hall–Kier alpha value is -3.88. The van der Waals surface area contributed by atoms with E-state index in [-0.39, 0.29) is 18.4 Å². The minimum atomic E-state index is -0.928. The number of amides is 4. The lowest BCUT2D eigenvalue weighted by atomic mass is 10.1. The molecule has 0 saturated carbocycles. The van der Waals surface area contributed by atoms with Gasteiger partial charge in [0.15, 0.2) is 0 Å². The minimum Gasteiger partial charge on any atom is -0.497 e. The second kappa shape index (κ2) is 7.86. The lowest BCUT2D eigenvalue weighted by Gasteiger charge is -2.14. The van der Waals surface area contributed by atoms with Gasteiger partial charge in [0.05, 0.1) is 36.3 Å². The molecule has 0 spiro atoms. The molecule has 2 heterocycles. The highest BCUT2D eigenvalue weighted by Gasteiger charge is 2.40. The number of nitrogens with zero attached hydrogens (tertiary/aromatic N) is 2. The Balaban J connectivity index is 1.40. The van der Waals surface area contributed by atoms with Crippen molar-refractivity contribution in [2.24, 2.45) is 0 Å². The SMILES string of the molecule is COc1ccc(N2C(=O)NC(CC(=O)N[C@@H](C)c3nc4ccccc4[nH]3)C2=O)cc1. The fourth-order valence-electron chi connectivity index (χ4n) is 3.38. The van der Waals surface area contributed by atoms with E-state index in [1.807, 2.05) is 24.3 Å². The zero-order valence-electron chi connectivity index (χ0n) is 16.5. The number of hydrogen-bond acceptors (Lipinski definition) is 5. The van der Waals surface area contributed by atoms with Crippen molar-refractivity contribution in [1.29, 1.82) is 0 Å². The van der Waals surface area contributed by atoms with Crippen molar-refractivity contribution < 1.29 is 19.1 Å². The third kappa shape index (κ3) is 3.69. The van der Waals surface area contributed by atoms with E-state index in [1.165, 1.54) is 7.11 Å². The molecule has 3 N–H and O–H groups in total. The van der Waals surface area contributed by atoms with Gasteiger partial charge in [0, 0.05) is 0 Å². The molecule has 0 radical (unpaired) electrons. The number of imide groups is 1. The monoisotopic (exact) mass is 407 g/mol. The van der Waals surface area contributed by atoms with Crippen LogP contribution in [0.25, 0.3) is 11.0 Å². The molecular weight excluding hydrogens is 386 g/mol. The first kappa shape index (κ1) is 19.4. The summed E-state index contributed by atoms with van der Waals surface area (Å²) >= 11 is 0. The number of carbonyl (C=O) groups excluding carboxylic acids is 3. The number of anilines is 1. The molecule has 9 heteroatoms. The molecule has 0 bridgehead atoms. The maximum absolute atomic E-state index is 12.7. The van der Waals surface area contributed by atoms with Crippen molar-refractivity contribution in [2.75, 3.05) is 12.0 Å². The van der Waals surface area contributed by atoms with Gasteiger partial charge in [-0.1, -0.05) is 12.1 Å². The first-order valence-electron chi connectivity index (χ1n) is 9.49. The summed E-state index contributed by atoms with van der Waals surface area (Å²) in [7, 11) is 1.53. The van der Waals surface area contributed by atoms with Crippen LogP contribution in [0.1, 0.15) is 25.2 Å². The van der Waals surface area contributed by atoms with E-state index in [4.69, 9.17) is 4.74 Å². The number of rotatable bonds is 6. The molecule has 1 aromatic heterocycles. The minimum absolute atomic E-state index is 0.165. The average Bonchev–Trinajstić information content (AvgIpc) is 3.29. The number of aromatic nitrogens is 2. The number of hydrogen-bond donors (Lipinski definition) is 3. The molecule has 1 aliphatic heterocycles. The predicted octanol–water partition coefficient (Wildman–Crippen LogP) is 2.26. The number of fused-ring (bicyclic) bond motifs is 1. The summed E-state index contributed by atoms with van der Waals surface area (Å²) in [5.41, 5.74) is 2.10. The van der Waals surface area contributed by atoms with E-state index in [9.17, 15) is 14.4 Å². The van der Waals surface area contributed by atoms with Gasteiger partial charge in [-0.3, -0.25) is 9.59 Å². The van der Waals surface area contributed by atoms with Crippen molar-refractivity contribution in [1.82, 2.24) is 20.6 Å². The molecule has 0 aliphatic carbocycles. The normalized spacial score (nSPS) is 17.1. The number of aromatic amines is 1. The van der Waals surface area contributed by atoms with Crippen molar-refractivity contribution in [3.63, 3.8) is 0 Å². The van der Waals surface area contributed by atoms with Crippen molar-refractivity contribution in [2.45, 2.75) is 25.4 Å². The van der Waals surface area contributed by atoms with Gasteiger partial charge in [0.2, 0.25) is 5.91 Å². The molecule has 2 aromatic carbocycles. The number of imidazole rings is 1. The Morgan fingerprint density at radius 1 is 1.20 bits per heavy atom. The highest BCUT2D eigenvalue weighted by Crippen LogP contribution is 2.23. The van der Waals surface area contributed by atoms with Crippen LogP contribution in [0.5, 0.6) is 5.75 Å². The zero-order valence-corrected chi connectivity index (χ0v) is 16.5. The highest BCUT2D eigenvalue weighted by molar-refractivity contribution is 6.22. The Morgan fingerprint density at radius 2 is 1.93 bits per heavy atom. The molecule has 2 atom stereocenters. The third-order valence-corrected chi connectivity index (χ3v) is 4.93. The number of para-hydroxylation sites is 2. The van der Waals surface area contributed by atoms with Gasteiger partial charge >= 0.3 is 6.03 Å². The van der Waals surface area contributed by atoms with Gasteiger partial charge in [-0.25, -0.2) is 14.7 Å². The Morgan fingerprint density at radius 3 is 2.63 bits per heavy atom. The number of methoxy groups -OCH3 is 1. The number of ether oxygens (including phenoxy) is 1. The van der Waals surface area contributed by atoms with Crippen LogP contribution in [0.15, 0.2) is 48.5 Å². The first-order valence-corrected chi connectivity index (χ1v) is 9.49. The molecule has 4 rings (SSSR count). The number of H-pyrrole nitrogens is 1. The maximum atomic E-state index is 12.7. The summed E-state index contributed by atoms with van der Waals surface area (Å²) in [4.78, 5) is 46.1. The van der Waals surface area contributed by atoms with E-state index < -0.39 is 18.0 Å². The molecule has 4 amide bonds. The first-order chi connectivity index (χ1) is 14.5. The molecule has 1 aliphatic rings. The maximum Gasteiger partial charge on any atom is 0.329 e. The molecule has 9 nitrogen and oxygen atoms in total. The Kier molecular flexibility index (Phi) is 5.09. The molecule has 1 fully saturated rings. The summed E-state index contributed by atoms with van der Waals surface area (Å²) in [6.45, 7) is 1.80. The molecule has 154 valence electrons. The Labute approximate surface area is 172 Å². The van der Waals surface area contributed by atoms with Gasteiger partial charge in [0.25, 0.3) is 5.91 Å². The van der Waals surface area contributed by atoms with Crippen molar-refractivity contribution in [3.05, 3.63) is 54.4 Å². The van der Waals surface area contributed by atoms with Crippen LogP contribution in [0.4, 0.5) is 10.5 Å². The van der Waals surface area contributed by atoms with Crippen LogP contribution in [-0.4, -0.2) is 41.0 Å². The Bertz CT molecular complexity index is 1080. The number of benzene rings is 2. The number of nitrogens with one attached hydrogen (secondary N) is 3. The molecule has 3 aromatic rings. The fourth-order valence-corrected chi connectivity index (χ4v) is 3.38. The van der Waals surface area contributed by atoms with Gasteiger partial charge < -0.3 is 20.4 Å². The van der Waals surface area contributed by atoms with E-state index in [1.54, 1.807) is 31.2 Å². The number of carbonyl (C=O) groups is 3. The van der Waals surface area contributed by atoms with Gasteiger partial charge in [0.1, 0.15) is 17.6 Å². The average molecular weight is 407 g/mol. The van der Waals surface area contributed by atoms with E-state index >= 15 is 0 Å². The van der Waals surface area contributed by atoms with Crippen LogP contribution < -0.4 is 20.3 Å². The smallest absolute Gasteiger partial charge is 0.329 e. The van der Waals surface area contributed by atoms with Gasteiger partial charge in [-0.15, -0.1) is 0 Å². The van der Waals surface area contributed by atoms with Crippen molar-refractivity contribution in [3.8, 4) is 5.75 Å². The largest absolute Gasteiger partial charge is 0.497 e. The molecule has 1 unspecified atom stereocenters. The number of urea groups is 1. The lowest BCUT2D eigenvalue weighted by Crippen LogP contribution is -2.37. The zero-order chi connectivity index (χ0) is 21.3. The summed E-state index contributed by atoms with van der Waals surface area (Å²) in [5, 5.41) is 5.39. The van der Waals surface area contributed by atoms with Crippen molar-refractivity contribution >= 4 is 34.6 Å². The van der Waals surface area contributed by atoms with Crippen LogP contribution >= 0.6 is 0 Å². The quantitative estimate of drug-likeness (QED) is 0.542. The van der Waals surface area contributed by atoms with Gasteiger partial charge in [-0.05, 0) is 43.3 Å². The summed E-state index contributed by atoms with van der Waals surface area (Å²) < 4.78 is 5.09. The lowest BCUT2D eigenvalue weighted by molar-refractivity contribution is -0.126. The fraction of sp³-hybridized carbons (Fsp3) is 0.238. The predicted molar refractivity (Wildman–Crippen MR) is 110 cm³/mol. The summed E-state index contributed by atoms with van der Waals surface area (Å²) in [5.74, 6) is 0.391. The molecule has 30 heavy (non-hydrogen) atoms. The van der Waals surface area contributed by atoms with E-state index in [2.05, 4.69) is 20.6 Å². The van der Waals surface area contributed by atoms with E-state index in [0.29, 0.717) is 17.3 Å². The van der Waals surface area contributed by atoms with Crippen LogP contribution in [0, 0.1) is 0 Å². The second-order valence-corrected chi connectivity index (χ2v) is 7.01. The van der Waals surface area contributed by atoms with Gasteiger partial charge in [-0.2, -0.15) is 0 Å². The van der Waals surface area contributed by atoms with Crippen LogP contribution in [0.2, 0.25) is 0 Å². The summed E-state index contributed by atoms with van der Waals surface area (Å²) in [6, 6.07) is 12.2. The van der Waals surface area contributed by atoms with E-state index in [0.717, 1.165) is 15.9 Å². The molecular formula is C21H21N5O4.